The molecule has 19 heavy (non-hydrogen) atoms. The van der Waals surface area contributed by atoms with Gasteiger partial charge in [0.25, 0.3) is 0 Å². The summed E-state index contributed by atoms with van der Waals surface area (Å²) in [6.45, 7) is 2.02. The van der Waals surface area contributed by atoms with E-state index in [1.165, 1.54) is 5.56 Å². The average molecular weight is 271 g/mol. The van der Waals surface area contributed by atoms with Crippen LogP contribution in [0.25, 0.3) is 10.9 Å². The second kappa shape index (κ2) is 5.06. The van der Waals surface area contributed by atoms with Gasteiger partial charge in [0.2, 0.25) is 0 Å². The highest BCUT2D eigenvalue weighted by molar-refractivity contribution is 6.35. The first-order valence-corrected chi connectivity index (χ1v) is 6.78. The zero-order valence-corrected chi connectivity index (χ0v) is 11.5. The minimum Gasteiger partial charge on any atom is -0.360 e. The number of nitrogens with one attached hydrogen (secondary N) is 1. The third-order valence-electron chi connectivity index (χ3n) is 3.31. The van der Waals surface area contributed by atoms with Crippen molar-refractivity contribution < 1.29 is 0 Å². The first kappa shape index (κ1) is 12.2. The predicted molar refractivity (Wildman–Crippen MR) is 79.7 cm³/mol. The summed E-state index contributed by atoms with van der Waals surface area (Å²) in [6.07, 6.45) is 3.78. The lowest BCUT2D eigenvalue weighted by Gasteiger charge is -2.03. The van der Waals surface area contributed by atoms with Crippen molar-refractivity contribution in [3.8, 4) is 0 Å². The summed E-state index contributed by atoms with van der Waals surface area (Å²) in [4.78, 5) is 7.71. The Morgan fingerprint density at radius 1 is 1.16 bits per heavy atom. The molecule has 2 aromatic heterocycles. The third kappa shape index (κ3) is 2.64. The quantitative estimate of drug-likeness (QED) is 0.755. The topological polar surface area (TPSA) is 28.7 Å². The zero-order valence-electron chi connectivity index (χ0n) is 10.8. The molecule has 0 radical (unpaired) electrons. The number of fused-ring (bicyclic) bond motifs is 1. The van der Waals surface area contributed by atoms with Gasteiger partial charge in [0.1, 0.15) is 0 Å². The van der Waals surface area contributed by atoms with Crippen LogP contribution in [-0.2, 0) is 12.8 Å². The number of pyridine rings is 1. The largest absolute Gasteiger partial charge is 0.360 e. The van der Waals surface area contributed by atoms with E-state index in [-0.39, 0.29) is 0 Å². The van der Waals surface area contributed by atoms with Gasteiger partial charge in [0.05, 0.1) is 5.02 Å². The van der Waals surface area contributed by atoms with Crippen molar-refractivity contribution in [2.75, 3.05) is 0 Å². The van der Waals surface area contributed by atoms with E-state index in [1.54, 1.807) is 0 Å². The maximum absolute atomic E-state index is 6.07. The fraction of sp³-hybridized carbons (Fsp3) is 0.188. The molecule has 3 heteroatoms. The highest BCUT2D eigenvalue weighted by Gasteiger charge is 2.03. The monoisotopic (exact) mass is 270 g/mol. The molecule has 0 spiro atoms. The van der Waals surface area contributed by atoms with Crippen LogP contribution in [0.4, 0.5) is 0 Å². The van der Waals surface area contributed by atoms with Crippen LogP contribution in [0.5, 0.6) is 0 Å². The summed E-state index contributed by atoms with van der Waals surface area (Å²) >= 11 is 6.07. The van der Waals surface area contributed by atoms with Gasteiger partial charge < -0.3 is 4.98 Å². The lowest BCUT2D eigenvalue weighted by molar-refractivity contribution is 0.904. The van der Waals surface area contributed by atoms with Gasteiger partial charge in [-0.25, -0.2) is 0 Å². The molecule has 0 bridgehead atoms. The maximum atomic E-state index is 6.07. The van der Waals surface area contributed by atoms with E-state index in [4.69, 9.17) is 11.6 Å². The standard InChI is InChI=1S/C16H15ClN2/c1-11-3-2-4-13(19-11)7-5-12-6-8-14-15(17)10-18-16(14)9-12/h2-4,6,8-10,18H,5,7H2,1H3. The van der Waals surface area contributed by atoms with E-state index >= 15 is 0 Å². The second-order valence-corrected chi connectivity index (χ2v) is 5.19. The Morgan fingerprint density at radius 3 is 2.89 bits per heavy atom. The number of halogens is 1. The Morgan fingerprint density at radius 2 is 2.05 bits per heavy atom. The number of aromatic amines is 1. The van der Waals surface area contributed by atoms with Crippen LogP contribution >= 0.6 is 11.6 Å². The molecule has 0 atom stereocenters. The molecule has 0 saturated heterocycles. The van der Waals surface area contributed by atoms with E-state index in [9.17, 15) is 0 Å². The lowest BCUT2D eigenvalue weighted by atomic mass is 10.1. The molecule has 0 aliphatic heterocycles. The SMILES string of the molecule is Cc1cccc(CCc2ccc3c(Cl)c[nH]c3c2)n1. The smallest absolute Gasteiger partial charge is 0.0659 e. The third-order valence-corrected chi connectivity index (χ3v) is 3.62. The zero-order chi connectivity index (χ0) is 13.2. The number of rotatable bonds is 3. The molecular formula is C16H15ClN2. The number of hydrogen-bond acceptors (Lipinski definition) is 1. The van der Waals surface area contributed by atoms with E-state index in [1.807, 2.05) is 19.2 Å². The molecule has 96 valence electrons. The molecular weight excluding hydrogens is 256 g/mol. The number of benzene rings is 1. The van der Waals surface area contributed by atoms with Crippen LogP contribution in [0.3, 0.4) is 0 Å². The molecule has 1 aromatic carbocycles. The second-order valence-electron chi connectivity index (χ2n) is 4.79. The van der Waals surface area contributed by atoms with Crippen LogP contribution in [0.2, 0.25) is 5.02 Å². The normalized spacial score (nSPS) is 11.1. The highest BCUT2D eigenvalue weighted by Crippen LogP contribution is 2.24. The summed E-state index contributed by atoms with van der Waals surface area (Å²) in [5.74, 6) is 0. The van der Waals surface area contributed by atoms with Crippen LogP contribution < -0.4 is 0 Å². The molecule has 3 rings (SSSR count). The number of hydrogen-bond donors (Lipinski definition) is 1. The number of H-pyrrole nitrogens is 1. The summed E-state index contributed by atoms with van der Waals surface area (Å²) in [5.41, 5.74) is 4.61. The molecule has 3 aromatic rings. The van der Waals surface area contributed by atoms with Crippen molar-refractivity contribution in [2.45, 2.75) is 19.8 Å². The molecule has 2 heterocycles. The van der Waals surface area contributed by atoms with Crippen molar-refractivity contribution in [1.82, 2.24) is 9.97 Å². The van der Waals surface area contributed by atoms with E-state index in [0.717, 1.165) is 40.2 Å². The van der Waals surface area contributed by atoms with Crippen molar-refractivity contribution in [2.24, 2.45) is 0 Å². The van der Waals surface area contributed by atoms with Crippen LogP contribution in [0.15, 0.2) is 42.6 Å². The Labute approximate surface area is 117 Å². The van der Waals surface area contributed by atoms with Crippen LogP contribution in [-0.4, -0.2) is 9.97 Å². The minimum absolute atomic E-state index is 0.780. The summed E-state index contributed by atoms with van der Waals surface area (Å²) in [5, 5.41) is 1.86. The van der Waals surface area contributed by atoms with E-state index in [0.29, 0.717) is 0 Å². The van der Waals surface area contributed by atoms with Gasteiger partial charge in [-0.3, -0.25) is 4.98 Å². The van der Waals surface area contributed by atoms with Crippen molar-refractivity contribution >= 4 is 22.5 Å². The fourth-order valence-electron chi connectivity index (χ4n) is 2.30. The van der Waals surface area contributed by atoms with Crippen molar-refractivity contribution in [3.05, 3.63) is 64.6 Å². The average Bonchev–Trinajstić information content (AvgIpc) is 2.78. The van der Waals surface area contributed by atoms with Gasteiger partial charge in [0.15, 0.2) is 0 Å². The minimum atomic E-state index is 0.780. The molecule has 2 nitrogen and oxygen atoms in total. The summed E-state index contributed by atoms with van der Waals surface area (Å²) < 4.78 is 0. The molecule has 0 saturated carbocycles. The van der Waals surface area contributed by atoms with Crippen LogP contribution in [0, 0.1) is 6.92 Å². The van der Waals surface area contributed by atoms with E-state index < -0.39 is 0 Å². The molecule has 0 fully saturated rings. The molecule has 1 N–H and O–H groups in total. The van der Waals surface area contributed by atoms with Gasteiger partial charge in [0, 0.05) is 28.5 Å². The maximum Gasteiger partial charge on any atom is 0.0659 e. The Kier molecular flexibility index (Phi) is 3.26. The Bertz CT molecular complexity index is 716. The Hall–Kier alpha value is -1.80. The van der Waals surface area contributed by atoms with Gasteiger partial charge in [-0.1, -0.05) is 29.8 Å². The number of aryl methyl sites for hydroxylation is 3. The summed E-state index contributed by atoms with van der Waals surface area (Å²) in [7, 11) is 0. The van der Waals surface area contributed by atoms with Crippen molar-refractivity contribution in [1.29, 1.82) is 0 Å². The lowest BCUT2D eigenvalue weighted by Crippen LogP contribution is -1.95. The van der Waals surface area contributed by atoms with E-state index in [2.05, 4.69) is 40.3 Å². The fourth-order valence-corrected chi connectivity index (χ4v) is 2.52. The summed E-state index contributed by atoms with van der Waals surface area (Å²) in [6, 6.07) is 12.5. The Balaban J connectivity index is 1.78. The van der Waals surface area contributed by atoms with Gasteiger partial charge in [-0.15, -0.1) is 0 Å². The highest BCUT2D eigenvalue weighted by atomic mass is 35.5. The van der Waals surface area contributed by atoms with Crippen molar-refractivity contribution in [3.63, 3.8) is 0 Å². The molecule has 0 unspecified atom stereocenters. The van der Waals surface area contributed by atoms with Gasteiger partial charge >= 0.3 is 0 Å². The predicted octanol–water partition coefficient (Wildman–Crippen LogP) is 4.31. The molecule has 0 aliphatic carbocycles. The molecule has 0 amide bonds. The van der Waals surface area contributed by atoms with Crippen LogP contribution in [0.1, 0.15) is 17.0 Å². The first-order valence-electron chi connectivity index (χ1n) is 6.40. The number of nitrogens with zero attached hydrogens (tertiary/aromatic N) is 1. The number of aromatic nitrogens is 2. The van der Waals surface area contributed by atoms with Gasteiger partial charge in [-0.05, 0) is 43.5 Å². The van der Waals surface area contributed by atoms with Gasteiger partial charge in [-0.2, -0.15) is 0 Å². The first-order chi connectivity index (χ1) is 9.22. The molecule has 0 aliphatic rings.